The van der Waals surface area contributed by atoms with Crippen LogP contribution in [0, 0.1) is 5.92 Å². The highest BCUT2D eigenvalue weighted by Gasteiger charge is 2.45. The number of nitrogens with one attached hydrogen (secondary N) is 2. The van der Waals surface area contributed by atoms with Crippen molar-refractivity contribution in [1.29, 1.82) is 0 Å². The first-order valence-corrected chi connectivity index (χ1v) is 9.44. The fourth-order valence-electron chi connectivity index (χ4n) is 4.08. The summed E-state index contributed by atoms with van der Waals surface area (Å²) >= 11 is 0. The third-order valence-corrected chi connectivity index (χ3v) is 5.48. The fourth-order valence-corrected chi connectivity index (χ4v) is 4.08. The van der Waals surface area contributed by atoms with Crippen LogP contribution in [0.15, 0.2) is 30.4 Å². The van der Waals surface area contributed by atoms with E-state index in [0.717, 1.165) is 23.4 Å². The van der Waals surface area contributed by atoms with Crippen LogP contribution in [-0.4, -0.2) is 47.2 Å². The summed E-state index contributed by atoms with van der Waals surface area (Å²) in [4.78, 5) is 50.3. The number of carbonyl (C=O) groups is 4. The maximum absolute atomic E-state index is 13.0. The lowest BCUT2D eigenvalue weighted by molar-refractivity contribution is -0.136. The lowest BCUT2D eigenvalue weighted by Crippen LogP contribution is -2.54. The van der Waals surface area contributed by atoms with E-state index < -0.39 is 23.8 Å². The van der Waals surface area contributed by atoms with Crippen molar-refractivity contribution < 1.29 is 19.2 Å². The van der Waals surface area contributed by atoms with E-state index in [4.69, 9.17) is 5.73 Å². The van der Waals surface area contributed by atoms with E-state index >= 15 is 0 Å². The monoisotopic (exact) mass is 382 g/mol. The summed E-state index contributed by atoms with van der Waals surface area (Å²) < 4.78 is 0. The third kappa shape index (κ3) is 3.25. The SMILES string of the molecule is N[C@@H]1C=C[C@H](CNCc2cccc3c2C(=O)N(C2CCC(=O)NC2=O)C3=O)C1. The van der Waals surface area contributed by atoms with Crippen molar-refractivity contribution >= 4 is 23.6 Å². The minimum Gasteiger partial charge on any atom is -0.324 e. The van der Waals surface area contributed by atoms with Crippen LogP contribution in [-0.2, 0) is 16.1 Å². The maximum Gasteiger partial charge on any atom is 0.262 e. The highest BCUT2D eigenvalue weighted by molar-refractivity contribution is 6.24. The summed E-state index contributed by atoms with van der Waals surface area (Å²) in [5.41, 5.74) is 7.22. The number of imide groups is 2. The van der Waals surface area contributed by atoms with Gasteiger partial charge in [0.05, 0.1) is 11.1 Å². The Morgan fingerprint density at radius 1 is 1.14 bits per heavy atom. The molecule has 0 radical (unpaired) electrons. The van der Waals surface area contributed by atoms with Gasteiger partial charge in [0, 0.05) is 25.6 Å². The molecule has 4 rings (SSSR count). The molecule has 0 spiro atoms. The van der Waals surface area contributed by atoms with Crippen LogP contribution < -0.4 is 16.4 Å². The van der Waals surface area contributed by atoms with E-state index in [1.165, 1.54) is 0 Å². The molecule has 1 aromatic carbocycles. The van der Waals surface area contributed by atoms with Gasteiger partial charge in [0.25, 0.3) is 11.8 Å². The van der Waals surface area contributed by atoms with E-state index in [1.54, 1.807) is 18.2 Å². The maximum atomic E-state index is 13.0. The van der Waals surface area contributed by atoms with Crippen LogP contribution >= 0.6 is 0 Å². The lowest BCUT2D eigenvalue weighted by atomic mass is 10.0. The molecular formula is C20H22N4O4. The Bertz CT molecular complexity index is 894. The standard InChI is InChI=1S/C20H22N4O4/c21-13-5-4-11(8-13)9-22-10-12-2-1-3-14-17(12)20(28)24(19(14)27)15-6-7-16(25)23-18(15)26/h1-5,11,13,15,22H,6-10,21H2,(H,23,25,26)/t11-,13+,15?/m0/s1. The number of amides is 4. The predicted octanol–water partition coefficient (Wildman–Crippen LogP) is 0.0808. The van der Waals surface area contributed by atoms with Crippen LogP contribution in [0.3, 0.4) is 0 Å². The summed E-state index contributed by atoms with van der Waals surface area (Å²) in [5, 5.41) is 5.53. The Morgan fingerprint density at radius 3 is 2.68 bits per heavy atom. The van der Waals surface area contributed by atoms with Gasteiger partial charge in [0.15, 0.2) is 0 Å². The molecule has 0 bridgehead atoms. The van der Waals surface area contributed by atoms with E-state index in [0.29, 0.717) is 23.6 Å². The second kappa shape index (κ2) is 7.29. The zero-order valence-electron chi connectivity index (χ0n) is 15.3. The van der Waals surface area contributed by atoms with Crippen molar-refractivity contribution in [2.45, 2.75) is 37.9 Å². The number of nitrogens with two attached hydrogens (primary N) is 1. The molecule has 4 N–H and O–H groups in total. The van der Waals surface area contributed by atoms with Crippen molar-refractivity contribution in [3.05, 3.63) is 47.0 Å². The van der Waals surface area contributed by atoms with E-state index in [-0.39, 0.29) is 24.8 Å². The Morgan fingerprint density at radius 2 is 1.96 bits per heavy atom. The molecule has 1 aromatic rings. The molecule has 0 aromatic heterocycles. The Balaban J connectivity index is 1.50. The van der Waals surface area contributed by atoms with Gasteiger partial charge in [-0.25, -0.2) is 0 Å². The summed E-state index contributed by atoms with van der Waals surface area (Å²) in [6, 6.07) is 4.29. The summed E-state index contributed by atoms with van der Waals surface area (Å²) in [6.45, 7) is 1.16. The number of hydrogen-bond donors (Lipinski definition) is 3. The van der Waals surface area contributed by atoms with Gasteiger partial charge in [0.2, 0.25) is 11.8 Å². The van der Waals surface area contributed by atoms with Gasteiger partial charge in [-0.15, -0.1) is 0 Å². The highest BCUT2D eigenvalue weighted by Crippen LogP contribution is 2.30. The molecule has 146 valence electrons. The van der Waals surface area contributed by atoms with Crippen molar-refractivity contribution in [1.82, 2.24) is 15.5 Å². The Labute approximate surface area is 162 Å². The van der Waals surface area contributed by atoms with Gasteiger partial charge in [-0.2, -0.15) is 0 Å². The Kier molecular flexibility index (Phi) is 4.82. The molecule has 1 fully saturated rings. The molecule has 8 nitrogen and oxygen atoms in total. The van der Waals surface area contributed by atoms with Gasteiger partial charge < -0.3 is 11.1 Å². The van der Waals surface area contributed by atoms with Gasteiger partial charge in [-0.3, -0.25) is 29.4 Å². The molecule has 28 heavy (non-hydrogen) atoms. The minimum atomic E-state index is -0.948. The summed E-state index contributed by atoms with van der Waals surface area (Å²) in [5.74, 6) is -1.60. The number of piperidine rings is 1. The molecule has 0 saturated carbocycles. The Hall–Kier alpha value is -2.84. The second-order valence-electron chi connectivity index (χ2n) is 7.46. The zero-order valence-corrected chi connectivity index (χ0v) is 15.3. The fraction of sp³-hybridized carbons (Fsp3) is 0.400. The number of benzene rings is 1. The van der Waals surface area contributed by atoms with Crippen molar-refractivity contribution in [2.75, 3.05) is 6.54 Å². The molecule has 1 unspecified atom stereocenters. The van der Waals surface area contributed by atoms with Crippen LogP contribution in [0.4, 0.5) is 0 Å². The van der Waals surface area contributed by atoms with Gasteiger partial charge >= 0.3 is 0 Å². The van der Waals surface area contributed by atoms with E-state index in [2.05, 4.69) is 16.7 Å². The lowest BCUT2D eigenvalue weighted by Gasteiger charge is -2.27. The first-order valence-electron chi connectivity index (χ1n) is 9.44. The molecular weight excluding hydrogens is 360 g/mol. The molecule has 3 aliphatic rings. The number of fused-ring (bicyclic) bond motifs is 1. The summed E-state index contributed by atoms with van der Waals surface area (Å²) in [6.07, 6.45) is 5.23. The van der Waals surface area contributed by atoms with Crippen molar-refractivity contribution in [3.63, 3.8) is 0 Å². The van der Waals surface area contributed by atoms with Gasteiger partial charge in [0.1, 0.15) is 6.04 Å². The quantitative estimate of drug-likeness (QED) is 0.490. The van der Waals surface area contributed by atoms with Crippen LogP contribution in [0.1, 0.15) is 45.5 Å². The normalized spacial score (nSPS) is 26.8. The van der Waals surface area contributed by atoms with Crippen LogP contribution in [0.25, 0.3) is 0 Å². The second-order valence-corrected chi connectivity index (χ2v) is 7.46. The van der Waals surface area contributed by atoms with Crippen molar-refractivity contribution in [3.8, 4) is 0 Å². The first-order chi connectivity index (χ1) is 13.5. The van der Waals surface area contributed by atoms with Crippen molar-refractivity contribution in [2.24, 2.45) is 11.7 Å². The van der Waals surface area contributed by atoms with Gasteiger partial charge in [-0.1, -0.05) is 24.3 Å². The summed E-state index contributed by atoms with van der Waals surface area (Å²) in [7, 11) is 0. The average Bonchev–Trinajstić information content (AvgIpc) is 3.18. The minimum absolute atomic E-state index is 0.0917. The average molecular weight is 382 g/mol. The molecule has 8 heteroatoms. The zero-order chi connectivity index (χ0) is 19.8. The molecule has 2 heterocycles. The number of hydrogen-bond acceptors (Lipinski definition) is 6. The largest absolute Gasteiger partial charge is 0.324 e. The number of carbonyl (C=O) groups excluding carboxylic acids is 4. The molecule has 4 amide bonds. The van der Waals surface area contributed by atoms with Crippen LogP contribution in [0.5, 0.6) is 0 Å². The third-order valence-electron chi connectivity index (χ3n) is 5.48. The number of nitrogens with zero attached hydrogens (tertiary/aromatic N) is 1. The number of rotatable bonds is 5. The van der Waals surface area contributed by atoms with E-state index in [9.17, 15) is 19.2 Å². The molecule has 1 aliphatic carbocycles. The molecule has 1 saturated heterocycles. The molecule has 3 atom stereocenters. The van der Waals surface area contributed by atoms with E-state index in [1.807, 2.05) is 6.08 Å². The van der Waals surface area contributed by atoms with Crippen LogP contribution in [0.2, 0.25) is 0 Å². The smallest absolute Gasteiger partial charge is 0.262 e. The highest BCUT2D eigenvalue weighted by atomic mass is 16.2. The first kappa shape index (κ1) is 18.5. The molecule has 2 aliphatic heterocycles. The predicted molar refractivity (Wildman–Crippen MR) is 100 cm³/mol. The topological polar surface area (TPSA) is 122 Å². The van der Waals surface area contributed by atoms with Gasteiger partial charge in [-0.05, 0) is 30.4 Å².